The summed E-state index contributed by atoms with van der Waals surface area (Å²) in [5, 5.41) is 25.7. The molecule has 0 saturated carbocycles. The minimum Gasteiger partial charge on any atom is -2.00 e. The molecule has 0 aromatic carbocycles. The van der Waals surface area contributed by atoms with Crippen LogP contribution in [-0.2, 0) is 55.1 Å². The van der Waals surface area contributed by atoms with Gasteiger partial charge in [0.15, 0.2) is 0 Å². The van der Waals surface area contributed by atoms with Gasteiger partial charge in [0, 0.05) is 26.5 Å². The number of carboxylic acid groups (broad SMARTS) is 3. The average molecular weight is 571 g/mol. The molecule has 0 bridgehead atoms. The van der Waals surface area contributed by atoms with E-state index in [9.17, 15) is 14.4 Å². The van der Waals surface area contributed by atoms with E-state index in [0.717, 1.165) is 0 Å². The molecule has 0 aliphatic carbocycles. The molecule has 0 saturated heterocycles. The topological polar surface area (TPSA) is 230 Å². The van der Waals surface area contributed by atoms with Gasteiger partial charge in [-0.25, -0.2) is 0 Å². The summed E-state index contributed by atoms with van der Waals surface area (Å²) >= 11 is 0. The number of carboxylic acids is 3. The van der Waals surface area contributed by atoms with Crippen molar-refractivity contribution < 1.29 is 81.4 Å². The van der Waals surface area contributed by atoms with Crippen LogP contribution < -0.4 is 0 Å². The Morgan fingerprint density at radius 3 is 1.15 bits per heavy atom. The Hall–Kier alpha value is -1.14. The van der Waals surface area contributed by atoms with Crippen molar-refractivity contribution in [3.8, 4) is 0 Å². The quantitative estimate of drug-likeness (QED) is 0.210. The van der Waals surface area contributed by atoms with Crippen LogP contribution in [0.1, 0.15) is 26.2 Å². The minimum absolute atomic E-state index is 0. The average Bonchev–Trinajstić information content (AvgIpc) is 2.44. The molecule has 0 aromatic rings. The van der Waals surface area contributed by atoms with Gasteiger partial charge in [-0.3, -0.25) is 14.4 Å². The molecule has 0 aliphatic heterocycles. The van der Waals surface area contributed by atoms with Gasteiger partial charge in [0.25, 0.3) is 0 Å². The minimum atomic E-state index is -0.970. The maximum absolute atomic E-state index is 10.4. The molecule has 164 valence electrons. The fourth-order valence-electron chi connectivity index (χ4n) is 1.56. The van der Waals surface area contributed by atoms with E-state index in [0.29, 0.717) is 0 Å². The van der Waals surface area contributed by atoms with E-state index >= 15 is 0 Å². The van der Waals surface area contributed by atoms with Crippen LogP contribution in [0.25, 0.3) is 0 Å². The summed E-state index contributed by atoms with van der Waals surface area (Å²) in [6.07, 6.45) is -0.387. The molecule has 0 atom stereocenters. The Morgan fingerprint density at radius 2 is 0.963 bits per heavy atom. The van der Waals surface area contributed by atoms with Crippen molar-refractivity contribution in [3.05, 3.63) is 0 Å². The SMILES string of the molecule is CC(COCCC(=O)O)(COCCC(=O)O)COCCC(=O)O.O.[O-2].[OH-].[W]. The Morgan fingerprint density at radius 1 is 0.741 bits per heavy atom. The zero-order valence-electron chi connectivity index (χ0n) is 14.9. The Balaban J connectivity index is -0.000000403. The van der Waals surface area contributed by atoms with E-state index in [1.807, 2.05) is 0 Å². The summed E-state index contributed by atoms with van der Waals surface area (Å²) in [7, 11) is 0. The summed E-state index contributed by atoms with van der Waals surface area (Å²) in [5.74, 6) is -2.91. The molecule has 0 amide bonds. The second kappa shape index (κ2) is 21.2. The van der Waals surface area contributed by atoms with Gasteiger partial charge in [-0.2, -0.15) is 0 Å². The first kappa shape index (κ1) is 36.7. The molecular formula is C14H27O12W-3. The number of hydrogen-bond donors (Lipinski definition) is 3. The molecule has 12 nitrogen and oxygen atoms in total. The van der Waals surface area contributed by atoms with Gasteiger partial charge in [-0.15, -0.1) is 0 Å². The fourth-order valence-corrected chi connectivity index (χ4v) is 1.56. The van der Waals surface area contributed by atoms with Crippen molar-refractivity contribution in [1.82, 2.24) is 0 Å². The van der Waals surface area contributed by atoms with E-state index in [-0.39, 0.29) is 96.4 Å². The molecule has 0 fully saturated rings. The standard InChI is InChI=1S/C14H24O9.2H2O.O.W/c1-14(8-21-5-2-11(15)16,9-22-6-3-12(17)18)10-23-7-4-13(19)20;;;;/h2-10H2,1H3,(H,15,16)(H,17,18)(H,19,20);2*1H2;;/q;;;-2;/p-1. The third-order valence-electron chi connectivity index (χ3n) is 2.73. The van der Waals surface area contributed by atoms with Crippen molar-refractivity contribution in [2.75, 3.05) is 39.6 Å². The monoisotopic (exact) mass is 571 g/mol. The Labute approximate surface area is 171 Å². The molecule has 0 heterocycles. The first-order chi connectivity index (χ1) is 10.7. The third-order valence-corrected chi connectivity index (χ3v) is 2.73. The third kappa shape index (κ3) is 24.9. The Bertz CT molecular complexity index is 335. The van der Waals surface area contributed by atoms with E-state index in [1.54, 1.807) is 6.92 Å². The van der Waals surface area contributed by atoms with Crippen molar-refractivity contribution >= 4 is 17.9 Å². The van der Waals surface area contributed by atoms with Crippen LogP contribution in [0.5, 0.6) is 0 Å². The summed E-state index contributed by atoms with van der Waals surface area (Å²) in [6.45, 7) is 2.34. The number of aliphatic carboxylic acids is 3. The maximum Gasteiger partial charge on any atom is 0.305 e. The van der Waals surface area contributed by atoms with Gasteiger partial charge in [0.2, 0.25) is 0 Å². The predicted octanol–water partition coefficient (Wildman–Crippen LogP) is -0.656. The second-order valence-corrected chi connectivity index (χ2v) is 5.40. The normalized spacial score (nSPS) is 9.67. The van der Waals surface area contributed by atoms with Crippen LogP contribution in [0.2, 0.25) is 0 Å². The predicted molar refractivity (Wildman–Crippen MR) is 83.6 cm³/mol. The first-order valence-corrected chi connectivity index (χ1v) is 7.14. The summed E-state index contributed by atoms with van der Waals surface area (Å²) in [4.78, 5) is 31.3. The number of carbonyl (C=O) groups is 3. The van der Waals surface area contributed by atoms with Gasteiger partial charge in [0.1, 0.15) is 0 Å². The smallest absolute Gasteiger partial charge is 0.305 e. The number of hydrogen-bond acceptors (Lipinski definition) is 7. The zero-order chi connectivity index (χ0) is 17.7. The van der Waals surface area contributed by atoms with E-state index in [2.05, 4.69) is 0 Å². The van der Waals surface area contributed by atoms with Gasteiger partial charge >= 0.3 is 17.9 Å². The first-order valence-electron chi connectivity index (χ1n) is 7.14. The van der Waals surface area contributed by atoms with Crippen molar-refractivity contribution in [3.63, 3.8) is 0 Å². The van der Waals surface area contributed by atoms with Gasteiger partial charge in [-0.05, 0) is 0 Å². The van der Waals surface area contributed by atoms with Gasteiger partial charge < -0.3 is 46.0 Å². The molecule has 0 spiro atoms. The van der Waals surface area contributed by atoms with Crippen LogP contribution >= 0.6 is 0 Å². The number of ether oxygens (including phenoxy) is 3. The second-order valence-electron chi connectivity index (χ2n) is 5.40. The molecule has 0 aliphatic rings. The molecule has 27 heavy (non-hydrogen) atoms. The van der Waals surface area contributed by atoms with Crippen LogP contribution in [0.4, 0.5) is 0 Å². The van der Waals surface area contributed by atoms with Gasteiger partial charge in [0.05, 0.1) is 58.9 Å². The summed E-state index contributed by atoms with van der Waals surface area (Å²) in [5.41, 5.74) is -0.629. The molecule has 0 rings (SSSR count). The van der Waals surface area contributed by atoms with Crippen LogP contribution in [-0.4, -0.2) is 83.8 Å². The van der Waals surface area contributed by atoms with Gasteiger partial charge in [-0.1, -0.05) is 6.92 Å². The fraction of sp³-hybridized carbons (Fsp3) is 0.786. The van der Waals surface area contributed by atoms with Crippen molar-refractivity contribution in [2.45, 2.75) is 26.2 Å². The summed E-state index contributed by atoms with van der Waals surface area (Å²) in [6, 6.07) is 0. The summed E-state index contributed by atoms with van der Waals surface area (Å²) < 4.78 is 15.9. The van der Waals surface area contributed by atoms with Crippen LogP contribution in [0, 0.1) is 5.41 Å². The molecule has 13 heteroatoms. The molecule has 6 N–H and O–H groups in total. The zero-order valence-corrected chi connectivity index (χ0v) is 17.9. The molecular weight excluding hydrogens is 544 g/mol. The molecule has 0 aromatic heterocycles. The van der Waals surface area contributed by atoms with Crippen molar-refractivity contribution in [1.29, 1.82) is 0 Å². The van der Waals surface area contributed by atoms with E-state index in [4.69, 9.17) is 29.5 Å². The van der Waals surface area contributed by atoms with Crippen molar-refractivity contribution in [2.24, 2.45) is 5.41 Å². The van der Waals surface area contributed by atoms with E-state index < -0.39 is 23.3 Å². The molecule has 0 unspecified atom stereocenters. The molecule has 0 radical (unpaired) electrons. The maximum atomic E-state index is 10.4. The van der Waals surface area contributed by atoms with E-state index in [1.165, 1.54) is 0 Å². The number of rotatable bonds is 15. The Kier molecular flexibility index (Phi) is 28.8. The van der Waals surface area contributed by atoms with Crippen LogP contribution in [0.15, 0.2) is 0 Å². The van der Waals surface area contributed by atoms with Crippen LogP contribution in [0.3, 0.4) is 0 Å². The largest absolute Gasteiger partial charge is 2.00 e.